The van der Waals surface area contributed by atoms with E-state index in [-0.39, 0.29) is 70.0 Å². The van der Waals surface area contributed by atoms with Gasteiger partial charge in [-0.15, -0.1) is 0 Å². The summed E-state index contributed by atoms with van der Waals surface area (Å²) in [6.07, 6.45) is 3.50. The van der Waals surface area contributed by atoms with Crippen molar-refractivity contribution in [1.82, 2.24) is 41.7 Å². The summed E-state index contributed by atoms with van der Waals surface area (Å²) in [5, 5.41) is 36.5. The zero-order valence-electron chi connectivity index (χ0n) is 35.9. The molecule has 0 saturated carbocycles. The minimum Gasteiger partial charge on any atom is -0.480 e. The van der Waals surface area contributed by atoms with E-state index in [1.807, 2.05) is 0 Å². The van der Waals surface area contributed by atoms with Crippen LogP contribution in [0.3, 0.4) is 0 Å². The Labute approximate surface area is 362 Å². The van der Waals surface area contributed by atoms with Crippen LogP contribution in [-0.4, -0.2) is 167 Å². The Morgan fingerprint density at radius 1 is 0.694 bits per heavy atom. The number of nitrogens with two attached hydrogens (primary N) is 4. The molecular formula is C39H69N13O10. The van der Waals surface area contributed by atoms with Gasteiger partial charge in [-0.05, 0) is 111 Å². The lowest BCUT2D eigenvalue weighted by Gasteiger charge is -2.30. The van der Waals surface area contributed by atoms with E-state index >= 15 is 0 Å². The molecule has 0 aliphatic carbocycles. The summed E-state index contributed by atoms with van der Waals surface area (Å²) < 4.78 is 0. The van der Waals surface area contributed by atoms with E-state index in [9.17, 15) is 48.6 Å². The van der Waals surface area contributed by atoms with Crippen molar-refractivity contribution in [3.05, 3.63) is 0 Å². The van der Waals surface area contributed by atoms with Crippen molar-refractivity contribution in [1.29, 1.82) is 0 Å². The summed E-state index contributed by atoms with van der Waals surface area (Å²) in [5.41, 5.74) is 22.2. The predicted molar refractivity (Wildman–Crippen MR) is 226 cm³/mol. The minimum atomic E-state index is -1.26. The van der Waals surface area contributed by atoms with Gasteiger partial charge < -0.3 is 74.8 Å². The number of hydrogen-bond acceptors (Lipinski definition) is 13. The van der Waals surface area contributed by atoms with Crippen molar-refractivity contribution in [3.63, 3.8) is 0 Å². The fraction of sp³-hybridized carbons (Fsp3) is 0.769. The van der Waals surface area contributed by atoms with Gasteiger partial charge in [-0.25, -0.2) is 4.79 Å². The first kappa shape index (κ1) is 51.2. The normalized spacial score (nSPS) is 22.1. The van der Waals surface area contributed by atoms with Crippen LogP contribution in [-0.2, 0) is 38.4 Å². The highest BCUT2D eigenvalue weighted by atomic mass is 16.4. The molecule has 0 unspecified atom stereocenters. The first-order valence-corrected chi connectivity index (χ1v) is 21.7. The molecule has 3 heterocycles. The van der Waals surface area contributed by atoms with E-state index in [0.717, 1.165) is 6.42 Å². The van der Waals surface area contributed by atoms with E-state index in [1.54, 1.807) is 0 Å². The van der Waals surface area contributed by atoms with Crippen LogP contribution in [0.5, 0.6) is 0 Å². The summed E-state index contributed by atoms with van der Waals surface area (Å²) in [6.45, 7) is 4.40. The summed E-state index contributed by atoms with van der Waals surface area (Å²) in [4.78, 5) is 113. The predicted octanol–water partition coefficient (Wildman–Crippen LogP) is -4.45. The van der Waals surface area contributed by atoms with Crippen LogP contribution in [0.2, 0.25) is 0 Å². The van der Waals surface area contributed by atoms with E-state index in [0.29, 0.717) is 58.2 Å². The smallest absolute Gasteiger partial charge is 0.326 e. The van der Waals surface area contributed by atoms with Crippen molar-refractivity contribution in [3.8, 4) is 0 Å². The van der Waals surface area contributed by atoms with Crippen LogP contribution >= 0.6 is 0 Å². The van der Waals surface area contributed by atoms with Gasteiger partial charge in [0.25, 0.3) is 0 Å². The van der Waals surface area contributed by atoms with E-state index in [1.165, 1.54) is 23.6 Å². The third-order valence-electron chi connectivity index (χ3n) is 11.3. The Balaban J connectivity index is 1.73. The quantitative estimate of drug-likeness (QED) is 0.0234. The molecule has 350 valence electrons. The Bertz CT molecular complexity index is 1590. The number of unbranched alkanes of at least 4 members (excludes halogenated alkanes) is 2. The second-order valence-electron chi connectivity index (χ2n) is 16.2. The van der Waals surface area contributed by atoms with Crippen LogP contribution in [0.15, 0.2) is 4.99 Å². The van der Waals surface area contributed by atoms with Crippen molar-refractivity contribution >= 4 is 53.3 Å². The lowest BCUT2D eigenvalue weighted by molar-refractivity contribution is -0.145. The highest BCUT2D eigenvalue weighted by Crippen LogP contribution is 2.21. The van der Waals surface area contributed by atoms with Crippen molar-refractivity contribution in [2.24, 2.45) is 27.9 Å². The Kier molecular flexibility index (Phi) is 21.2. The molecule has 16 N–H and O–H groups in total. The molecule has 3 aliphatic heterocycles. The number of nitrogens with one attached hydrogen (secondary N) is 6. The van der Waals surface area contributed by atoms with Crippen molar-refractivity contribution < 1.29 is 48.6 Å². The number of hydrogen-bond donors (Lipinski definition) is 12. The maximum atomic E-state index is 14.0. The SMILES string of the molecule is C[C@H](NC(=O)[C@H](CCCN=C(N)N)NC(=O)[C@H](CCCCN)NC(=O)[C@@H]1C[C@@H](O)CN1C(=O)[C@H](C)NC(=O)[C@@H]1CCCN1)C(=O)N1CCC[C@H]1C(=O)N[C@@H](CCCCN)C(=O)O. The van der Waals surface area contributed by atoms with Gasteiger partial charge in [-0.3, -0.25) is 38.6 Å². The second kappa shape index (κ2) is 25.7. The second-order valence-corrected chi connectivity index (χ2v) is 16.2. The molecule has 0 aromatic carbocycles. The van der Waals surface area contributed by atoms with Gasteiger partial charge in [0.2, 0.25) is 41.4 Å². The van der Waals surface area contributed by atoms with Crippen molar-refractivity contribution in [2.75, 3.05) is 39.3 Å². The number of aliphatic hydroxyl groups is 1. The van der Waals surface area contributed by atoms with Crippen LogP contribution in [0.4, 0.5) is 0 Å². The summed E-state index contributed by atoms with van der Waals surface area (Å²) in [7, 11) is 0. The standard InChI is InChI=1S/C39H69N13O10/c1-22(36(59)51-19-9-14-29(51)34(57)50-28(38(61)62)11-4-6-16-41)47-32(55)27(13-8-18-45-39(42)43)48-33(56)26(10-3-5-15-40)49-35(58)30-20-24(53)21-52(30)37(60)23(2)46-31(54)25-12-7-17-44-25/h22-30,44,53H,3-21,40-41H2,1-2H3,(H,46,54)(H,47,55)(H,48,56)(H,49,58)(H,50,57)(H,61,62)(H4,42,43,45)/t22-,23-,24+,25-,26-,27-,28-,29-,30-/m0/s1. The molecule has 0 aromatic heterocycles. The molecule has 3 saturated heterocycles. The number of carboxylic acid groups (broad SMARTS) is 1. The Morgan fingerprint density at radius 3 is 1.87 bits per heavy atom. The topological polar surface area (TPSA) is 372 Å². The number of aliphatic imine (C=N–C) groups is 1. The number of rotatable bonds is 25. The molecule has 62 heavy (non-hydrogen) atoms. The van der Waals surface area contributed by atoms with Crippen LogP contribution < -0.4 is 54.8 Å². The molecular weight excluding hydrogens is 811 g/mol. The monoisotopic (exact) mass is 880 g/mol. The summed E-state index contributed by atoms with van der Waals surface area (Å²) in [6, 6.07) is -8.38. The molecule has 0 spiro atoms. The Morgan fingerprint density at radius 2 is 1.26 bits per heavy atom. The molecule has 3 rings (SSSR count). The van der Waals surface area contributed by atoms with Gasteiger partial charge in [0, 0.05) is 26.1 Å². The van der Waals surface area contributed by atoms with E-state index in [2.05, 4.69) is 36.9 Å². The van der Waals surface area contributed by atoms with Gasteiger partial charge in [-0.1, -0.05) is 0 Å². The summed E-state index contributed by atoms with van der Waals surface area (Å²) >= 11 is 0. The number of carbonyl (C=O) groups excluding carboxylic acids is 7. The molecule has 23 nitrogen and oxygen atoms in total. The zero-order valence-corrected chi connectivity index (χ0v) is 35.9. The van der Waals surface area contributed by atoms with Gasteiger partial charge in [0.15, 0.2) is 5.96 Å². The third-order valence-corrected chi connectivity index (χ3v) is 11.3. The van der Waals surface area contributed by atoms with Gasteiger partial charge >= 0.3 is 5.97 Å². The molecule has 23 heteroatoms. The number of nitrogens with zero attached hydrogens (tertiary/aromatic N) is 3. The molecule has 3 aliphatic rings. The van der Waals surface area contributed by atoms with Crippen LogP contribution in [0.25, 0.3) is 0 Å². The minimum absolute atomic E-state index is 0.00525. The molecule has 7 amide bonds. The number of guanidine groups is 1. The maximum absolute atomic E-state index is 14.0. The Hall–Kier alpha value is -5.13. The zero-order chi connectivity index (χ0) is 45.9. The number of aliphatic carboxylic acids is 1. The van der Waals surface area contributed by atoms with Crippen molar-refractivity contribution in [2.45, 2.75) is 152 Å². The number of aliphatic hydroxyl groups excluding tert-OH is 1. The van der Waals surface area contributed by atoms with Gasteiger partial charge in [0.05, 0.1) is 12.1 Å². The first-order chi connectivity index (χ1) is 29.5. The number of carbonyl (C=O) groups is 8. The highest BCUT2D eigenvalue weighted by Gasteiger charge is 2.43. The van der Waals surface area contributed by atoms with Crippen LogP contribution in [0.1, 0.15) is 97.3 Å². The summed E-state index contributed by atoms with van der Waals surface area (Å²) in [5.74, 6) is -5.75. The lowest BCUT2D eigenvalue weighted by atomic mass is 10.0. The molecule has 0 aromatic rings. The van der Waals surface area contributed by atoms with E-state index < -0.39 is 95.9 Å². The lowest BCUT2D eigenvalue weighted by Crippen LogP contribution is -2.59. The number of likely N-dealkylation sites (tertiary alicyclic amines) is 2. The molecule has 3 fully saturated rings. The largest absolute Gasteiger partial charge is 0.480 e. The molecule has 0 radical (unpaired) electrons. The fourth-order valence-corrected chi connectivity index (χ4v) is 7.86. The fourth-order valence-electron chi connectivity index (χ4n) is 7.86. The van der Waals surface area contributed by atoms with E-state index in [4.69, 9.17) is 22.9 Å². The maximum Gasteiger partial charge on any atom is 0.326 e. The van der Waals surface area contributed by atoms with Gasteiger partial charge in [-0.2, -0.15) is 0 Å². The van der Waals surface area contributed by atoms with Gasteiger partial charge in [0.1, 0.15) is 42.3 Å². The first-order valence-electron chi connectivity index (χ1n) is 21.7. The average molecular weight is 880 g/mol. The number of carboxylic acids is 1. The molecule has 0 bridgehead atoms. The number of amides is 7. The number of β-amino-alcohol motifs (C(OH)–C–C–N with tert-alkyl or cyclic N) is 1. The molecule has 9 atom stereocenters. The highest BCUT2D eigenvalue weighted by molar-refractivity contribution is 5.98. The van der Waals surface area contributed by atoms with Crippen LogP contribution in [0, 0.1) is 0 Å². The third kappa shape index (κ3) is 15.6. The average Bonchev–Trinajstić information content (AvgIpc) is 4.02.